The van der Waals surface area contributed by atoms with Crippen LogP contribution in [0.15, 0.2) is 24.3 Å². The second kappa shape index (κ2) is 3.07. The first-order valence-corrected chi connectivity index (χ1v) is 2.66. The summed E-state index contributed by atoms with van der Waals surface area (Å²) in [6.07, 6.45) is 0.509. The lowest BCUT2D eigenvalue weighted by Crippen LogP contribution is -2.12. The summed E-state index contributed by atoms with van der Waals surface area (Å²) in [5.74, 6) is -0.446. The van der Waals surface area contributed by atoms with Crippen molar-refractivity contribution in [2.24, 2.45) is 5.73 Å². The van der Waals surface area contributed by atoms with Crippen LogP contribution in [0.25, 0.3) is 0 Å². The molecular formula is C7H11NO. The predicted molar refractivity (Wildman–Crippen MR) is 37.8 cm³/mol. The standard InChI is InChI=1S/C7H11NO/c1-5(2)4-6(3)7(8)9/h1,3-4H2,2H3,(H2,8,9). The number of carbonyl (C=O) groups excluding carboxylic acids is 1. The maximum absolute atomic E-state index is 10.3. The molecular weight excluding hydrogens is 114 g/mol. The fourth-order valence-corrected chi connectivity index (χ4v) is 0.451. The van der Waals surface area contributed by atoms with Crippen LogP contribution >= 0.6 is 0 Å². The number of amides is 1. The van der Waals surface area contributed by atoms with Crippen molar-refractivity contribution in [2.75, 3.05) is 0 Å². The summed E-state index contributed by atoms with van der Waals surface area (Å²) in [6.45, 7) is 8.90. The van der Waals surface area contributed by atoms with Crippen LogP contribution in [0.5, 0.6) is 0 Å². The Kier molecular flexibility index (Phi) is 2.71. The SMILES string of the molecule is C=C(C)CC(=C)C(N)=O. The Balaban J connectivity index is 3.79. The predicted octanol–water partition coefficient (Wildman–Crippen LogP) is 0.994. The Labute approximate surface area is 55.1 Å². The van der Waals surface area contributed by atoms with E-state index in [2.05, 4.69) is 13.2 Å². The molecule has 0 aromatic heterocycles. The third-order valence-electron chi connectivity index (χ3n) is 0.864. The number of hydrogen-bond acceptors (Lipinski definition) is 1. The van der Waals surface area contributed by atoms with Crippen molar-refractivity contribution in [1.82, 2.24) is 0 Å². The fourth-order valence-electron chi connectivity index (χ4n) is 0.451. The molecule has 2 heteroatoms. The minimum Gasteiger partial charge on any atom is -0.366 e. The second-order valence-corrected chi connectivity index (χ2v) is 2.10. The third-order valence-corrected chi connectivity index (χ3v) is 0.864. The van der Waals surface area contributed by atoms with Crippen molar-refractivity contribution in [3.8, 4) is 0 Å². The molecule has 0 bridgehead atoms. The number of primary amides is 1. The zero-order chi connectivity index (χ0) is 7.44. The van der Waals surface area contributed by atoms with Crippen molar-refractivity contribution in [3.05, 3.63) is 24.3 Å². The molecule has 0 rings (SSSR count). The molecule has 2 nitrogen and oxygen atoms in total. The van der Waals surface area contributed by atoms with E-state index >= 15 is 0 Å². The minimum atomic E-state index is -0.446. The summed E-state index contributed by atoms with van der Waals surface area (Å²) in [6, 6.07) is 0. The first-order chi connectivity index (χ1) is 4.04. The quantitative estimate of drug-likeness (QED) is 0.443. The lowest BCUT2D eigenvalue weighted by atomic mass is 10.1. The van der Waals surface area contributed by atoms with Crippen LogP contribution in [0.3, 0.4) is 0 Å². The van der Waals surface area contributed by atoms with Gasteiger partial charge in [-0.2, -0.15) is 0 Å². The summed E-state index contributed by atoms with van der Waals surface area (Å²) < 4.78 is 0. The number of rotatable bonds is 3. The highest BCUT2D eigenvalue weighted by molar-refractivity contribution is 5.91. The molecule has 0 aliphatic carbocycles. The Hall–Kier alpha value is -1.05. The zero-order valence-electron chi connectivity index (χ0n) is 5.61. The van der Waals surface area contributed by atoms with E-state index in [0.29, 0.717) is 12.0 Å². The van der Waals surface area contributed by atoms with Crippen molar-refractivity contribution in [2.45, 2.75) is 13.3 Å². The number of nitrogens with two attached hydrogens (primary N) is 1. The van der Waals surface area contributed by atoms with Gasteiger partial charge in [0.1, 0.15) is 0 Å². The van der Waals surface area contributed by atoms with Crippen LogP contribution < -0.4 is 5.73 Å². The topological polar surface area (TPSA) is 43.1 Å². The molecule has 50 valence electrons. The van der Waals surface area contributed by atoms with Gasteiger partial charge in [0.25, 0.3) is 0 Å². The summed E-state index contributed by atoms with van der Waals surface area (Å²) in [5, 5.41) is 0. The average molecular weight is 125 g/mol. The highest BCUT2D eigenvalue weighted by Gasteiger charge is 1.99. The zero-order valence-corrected chi connectivity index (χ0v) is 5.61. The smallest absolute Gasteiger partial charge is 0.244 e. The van der Waals surface area contributed by atoms with Gasteiger partial charge in [-0.15, -0.1) is 0 Å². The van der Waals surface area contributed by atoms with Gasteiger partial charge in [-0.1, -0.05) is 18.7 Å². The summed E-state index contributed by atoms with van der Waals surface area (Å²) in [4.78, 5) is 10.3. The maximum Gasteiger partial charge on any atom is 0.244 e. The molecule has 0 saturated heterocycles. The van der Waals surface area contributed by atoms with Crippen LogP contribution in [0.2, 0.25) is 0 Å². The van der Waals surface area contributed by atoms with E-state index in [1.165, 1.54) is 0 Å². The third kappa shape index (κ3) is 3.53. The molecule has 0 unspecified atom stereocenters. The number of allylic oxidation sites excluding steroid dienone is 1. The van der Waals surface area contributed by atoms with Crippen molar-refractivity contribution in [1.29, 1.82) is 0 Å². The fraction of sp³-hybridized carbons (Fsp3) is 0.286. The number of carbonyl (C=O) groups is 1. The minimum absolute atomic E-state index is 0.419. The molecule has 0 aliphatic rings. The largest absolute Gasteiger partial charge is 0.366 e. The Morgan fingerprint density at radius 3 is 2.11 bits per heavy atom. The molecule has 0 aliphatic heterocycles. The van der Waals surface area contributed by atoms with Crippen molar-refractivity contribution >= 4 is 5.91 Å². The van der Waals surface area contributed by atoms with E-state index in [0.717, 1.165) is 5.57 Å². The monoisotopic (exact) mass is 125 g/mol. The molecule has 0 atom stereocenters. The van der Waals surface area contributed by atoms with Crippen LogP contribution in [0, 0.1) is 0 Å². The molecule has 0 saturated carbocycles. The van der Waals surface area contributed by atoms with Gasteiger partial charge in [0.15, 0.2) is 0 Å². The van der Waals surface area contributed by atoms with Gasteiger partial charge < -0.3 is 5.73 Å². The lowest BCUT2D eigenvalue weighted by Gasteiger charge is -1.97. The van der Waals surface area contributed by atoms with E-state index in [9.17, 15) is 4.79 Å². The van der Waals surface area contributed by atoms with Crippen LogP contribution in [0.4, 0.5) is 0 Å². The highest BCUT2D eigenvalue weighted by atomic mass is 16.1. The van der Waals surface area contributed by atoms with Gasteiger partial charge in [0.05, 0.1) is 0 Å². The average Bonchev–Trinajstić information content (AvgIpc) is 1.63. The van der Waals surface area contributed by atoms with Gasteiger partial charge in [-0.25, -0.2) is 0 Å². The van der Waals surface area contributed by atoms with Gasteiger partial charge in [-0.3, -0.25) is 4.79 Å². The normalized spacial score (nSPS) is 8.56. The van der Waals surface area contributed by atoms with Gasteiger partial charge in [0, 0.05) is 5.57 Å². The molecule has 0 spiro atoms. The van der Waals surface area contributed by atoms with Gasteiger partial charge in [0.2, 0.25) is 5.91 Å². The van der Waals surface area contributed by atoms with E-state index in [1.807, 2.05) is 6.92 Å². The van der Waals surface area contributed by atoms with E-state index < -0.39 is 5.91 Å². The number of hydrogen-bond donors (Lipinski definition) is 1. The van der Waals surface area contributed by atoms with E-state index in [4.69, 9.17) is 5.73 Å². The highest BCUT2D eigenvalue weighted by Crippen LogP contribution is 2.04. The second-order valence-electron chi connectivity index (χ2n) is 2.10. The van der Waals surface area contributed by atoms with Crippen molar-refractivity contribution < 1.29 is 4.79 Å². The summed E-state index contributed by atoms with van der Waals surface area (Å²) in [5.41, 5.74) is 6.23. The molecule has 0 fully saturated rings. The molecule has 0 radical (unpaired) electrons. The summed E-state index contributed by atoms with van der Waals surface area (Å²) in [7, 11) is 0. The lowest BCUT2D eigenvalue weighted by molar-refractivity contribution is -0.114. The van der Waals surface area contributed by atoms with E-state index in [1.54, 1.807) is 0 Å². The Morgan fingerprint density at radius 1 is 1.56 bits per heavy atom. The van der Waals surface area contributed by atoms with Crippen LogP contribution in [-0.4, -0.2) is 5.91 Å². The first-order valence-electron chi connectivity index (χ1n) is 2.66. The molecule has 0 aromatic rings. The molecule has 1 amide bonds. The van der Waals surface area contributed by atoms with Gasteiger partial charge in [-0.05, 0) is 13.3 Å². The van der Waals surface area contributed by atoms with E-state index in [-0.39, 0.29) is 0 Å². The van der Waals surface area contributed by atoms with Gasteiger partial charge >= 0.3 is 0 Å². The Morgan fingerprint density at radius 2 is 2.00 bits per heavy atom. The maximum atomic E-state index is 10.3. The molecule has 0 aromatic carbocycles. The molecule has 0 heterocycles. The first kappa shape index (κ1) is 7.95. The Bertz CT molecular complexity index is 158. The van der Waals surface area contributed by atoms with Crippen LogP contribution in [0.1, 0.15) is 13.3 Å². The molecule has 2 N–H and O–H groups in total. The van der Waals surface area contributed by atoms with Crippen LogP contribution in [-0.2, 0) is 4.79 Å². The molecule has 9 heavy (non-hydrogen) atoms. The van der Waals surface area contributed by atoms with Crippen molar-refractivity contribution in [3.63, 3.8) is 0 Å². The summed E-state index contributed by atoms with van der Waals surface area (Å²) >= 11 is 0.